The van der Waals surface area contributed by atoms with Gasteiger partial charge in [-0.05, 0) is 74.8 Å². The molecule has 8 atom stereocenters. The largest absolute Gasteiger partial charge is 0.379 e. The van der Waals surface area contributed by atoms with Crippen molar-refractivity contribution in [2.45, 2.75) is 120 Å². The Hall–Kier alpha value is -1.30. The fourth-order valence-corrected chi connectivity index (χ4v) is 9.45. The topological polar surface area (TPSA) is 39.8 Å². The molecule has 2 aliphatic carbocycles. The van der Waals surface area contributed by atoms with Crippen LogP contribution >= 0.6 is 0 Å². The minimum Gasteiger partial charge on any atom is -0.379 e. The molecule has 5 fully saturated rings. The van der Waals surface area contributed by atoms with E-state index in [2.05, 4.69) is 51.6 Å². The molecule has 1 aromatic rings. The Morgan fingerprint density at radius 3 is 2.53 bits per heavy atom. The first-order valence-corrected chi connectivity index (χ1v) is 15.5. The summed E-state index contributed by atoms with van der Waals surface area (Å²) in [7, 11) is 0. The fourth-order valence-electron chi connectivity index (χ4n) is 9.45. The van der Waals surface area contributed by atoms with Gasteiger partial charge in [-0.2, -0.15) is 0 Å². The molecule has 2 saturated carbocycles. The molecular weight excluding hydrogens is 444 g/mol. The van der Waals surface area contributed by atoms with E-state index in [1.54, 1.807) is 0 Å². The third kappa shape index (κ3) is 4.47. The van der Waals surface area contributed by atoms with Crippen molar-refractivity contribution in [3.05, 3.63) is 24.3 Å². The number of nitrogens with zero attached hydrogens (tertiary/aromatic N) is 2. The number of anilines is 2. The van der Waals surface area contributed by atoms with Gasteiger partial charge in [-0.1, -0.05) is 44.7 Å². The van der Waals surface area contributed by atoms with Crippen molar-refractivity contribution in [2.24, 2.45) is 17.8 Å². The molecule has 5 nitrogen and oxygen atoms in total. The molecule has 3 saturated heterocycles. The summed E-state index contributed by atoms with van der Waals surface area (Å²) < 4.78 is 5.83. The van der Waals surface area contributed by atoms with Gasteiger partial charge in [-0.15, -0.1) is 0 Å². The van der Waals surface area contributed by atoms with Crippen LogP contribution in [0.2, 0.25) is 0 Å². The zero-order valence-corrected chi connectivity index (χ0v) is 22.4. The molecule has 5 heteroatoms. The number of benzene rings is 1. The van der Waals surface area contributed by atoms with Crippen molar-refractivity contribution in [3.8, 4) is 0 Å². The predicted octanol–water partition coefficient (Wildman–Crippen LogP) is 5.61. The monoisotopic (exact) mass is 492 g/mol. The smallest absolute Gasteiger partial charge is 0.101 e. The van der Waals surface area contributed by atoms with E-state index < -0.39 is 0 Å². The summed E-state index contributed by atoms with van der Waals surface area (Å²) in [4.78, 5) is 5.96. The molecule has 36 heavy (non-hydrogen) atoms. The van der Waals surface area contributed by atoms with Crippen molar-refractivity contribution in [2.75, 3.05) is 30.0 Å². The van der Waals surface area contributed by atoms with Crippen LogP contribution in [0.4, 0.5) is 11.4 Å². The van der Waals surface area contributed by atoms with Crippen LogP contribution < -0.4 is 15.5 Å². The van der Waals surface area contributed by atoms with Gasteiger partial charge in [0.2, 0.25) is 0 Å². The molecule has 6 aliphatic rings. The van der Waals surface area contributed by atoms with Gasteiger partial charge in [0.05, 0.1) is 24.6 Å². The molecule has 2 N–H and O–H groups in total. The van der Waals surface area contributed by atoms with Crippen molar-refractivity contribution >= 4 is 11.4 Å². The molecule has 4 heterocycles. The maximum atomic E-state index is 5.83. The molecule has 4 aliphatic heterocycles. The van der Waals surface area contributed by atoms with Crippen LogP contribution in [0.25, 0.3) is 0 Å². The normalized spacial score (nSPS) is 42.9. The van der Waals surface area contributed by atoms with Crippen molar-refractivity contribution in [1.82, 2.24) is 10.2 Å². The van der Waals surface area contributed by atoms with Gasteiger partial charge in [-0.3, -0.25) is 4.90 Å². The molecule has 0 aromatic heterocycles. The minimum absolute atomic E-state index is 0.367. The van der Waals surface area contributed by atoms with E-state index in [0.717, 1.165) is 62.1 Å². The minimum atomic E-state index is 0.367. The van der Waals surface area contributed by atoms with E-state index >= 15 is 0 Å². The van der Waals surface area contributed by atoms with Crippen LogP contribution in [-0.2, 0) is 4.74 Å². The molecule has 8 unspecified atom stereocenters. The number of nitrogens with one attached hydrogen (secondary N) is 2. The summed E-state index contributed by atoms with van der Waals surface area (Å²) in [5, 5.41) is 7.65. The molecule has 7 rings (SSSR count). The van der Waals surface area contributed by atoms with Gasteiger partial charge >= 0.3 is 0 Å². The maximum absolute atomic E-state index is 5.83. The Labute approximate surface area is 218 Å². The highest BCUT2D eigenvalue weighted by Gasteiger charge is 2.49. The molecule has 198 valence electrons. The lowest BCUT2D eigenvalue weighted by Crippen LogP contribution is -2.64. The highest BCUT2D eigenvalue weighted by Crippen LogP contribution is 2.49. The number of rotatable bonds is 4. The van der Waals surface area contributed by atoms with Crippen LogP contribution in [-0.4, -0.2) is 61.0 Å². The highest BCUT2D eigenvalue weighted by atomic mass is 16.5. The maximum Gasteiger partial charge on any atom is 0.101 e. The first kappa shape index (κ1) is 23.8. The highest BCUT2D eigenvalue weighted by molar-refractivity contribution is 5.76. The molecule has 4 bridgehead atoms. The van der Waals surface area contributed by atoms with Crippen LogP contribution in [0.5, 0.6) is 0 Å². The average molecular weight is 493 g/mol. The van der Waals surface area contributed by atoms with E-state index in [1.165, 1.54) is 82.0 Å². The number of para-hydroxylation sites is 2. The zero-order valence-electron chi connectivity index (χ0n) is 22.4. The molecule has 0 radical (unpaired) electrons. The molecule has 0 amide bonds. The van der Waals surface area contributed by atoms with Gasteiger partial charge in [0, 0.05) is 43.2 Å². The molecular formula is C31H48N4O. The number of piperidine rings is 2. The van der Waals surface area contributed by atoms with E-state index in [0.29, 0.717) is 18.2 Å². The van der Waals surface area contributed by atoms with Crippen LogP contribution in [0.3, 0.4) is 0 Å². The van der Waals surface area contributed by atoms with Gasteiger partial charge in [0.15, 0.2) is 0 Å². The number of hydrogen-bond acceptors (Lipinski definition) is 5. The average Bonchev–Trinajstić information content (AvgIpc) is 3.17. The van der Waals surface area contributed by atoms with Gasteiger partial charge in [0.25, 0.3) is 0 Å². The van der Waals surface area contributed by atoms with Gasteiger partial charge in [0.1, 0.15) is 6.17 Å². The Morgan fingerprint density at radius 1 is 0.889 bits per heavy atom. The Bertz CT molecular complexity index is 888. The number of hydrogen-bond donors (Lipinski definition) is 2. The summed E-state index contributed by atoms with van der Waals surface area (Å²) in [5.74, 6) is 2.84. The van der Waals surface area contributed by atoms with Crippen molar-refractivity contribution in [3.63, 3.8) is 0 Å². The van der Waals surface area contributed by atoms with Crippen molar-refractivity contribution in [1.29, 1.82) is 0 Å². The van der Waals surface area contributed by atoms with E-state index in [1.807, 2.05) is 0 Å². The third-order valence-corrected chi connectivity index (χ3v) is 11.0. The Kier molecular flexibility index (Phi) is 6.68. The first-order valence-electron chi connectivity index (χ1n) is 15.5. The summed E-state index contributed by atoms with van der Waals surface area (Å²) in [6.07, 6.45) is 17.5. The van der Waals surface area contributed by atoms with Crippen molar-refractivity contribution < 1.29 is 4.74 Å². The van der Waals surface area contributed by atoms with Crippen LogP contribution in [0.1, 0.15) is 84.0 Å². The van der Waals surface area contributed by atoms with E-state index in [-0.39, 0.29) is 0 Å². The number of ether oxygens (including phenoxy) is 1. The second-order valence-electron chi connectivity index (χ2n) is 13.3. The summed E-state index contributed by atoms with van der Waals surface area (Å²) in [6.45, 7) is 5.24. The second kappa shape index (κ2) is 10.1. The molecule has 0 spiro atoms. The number of morpholine rings is 1. The van der Waals surface area contributed by atoms with Crippen LogP contribution in [0, 0.1) is 17.8 Å². The predicted molar refractivity (Wildman–Crippen MR) is 147 cm³/mol. The van der Waals surface area contributed by atoms with Crippen LogP contribution in [0.15, 0.2) is 24.3 Å². The van der Waals surface area contributed by atoms with Gasteiger partial charge in [-0.25, -0.2) is 0 Å². The van der Waals surface area contributed by atoms with E-state index in [9.17, 15) is 0 Å². The second-order valence-corrected chi connectivity index (χ2v) is 13.3. The fraction of sp³-hybridized carbons (Fsp3) is 0.806. The van der Waals surface area contributed by atoms with E-state index in [4.69, 9.17) is 4.74 Å². The standard InChI is InChI=1S/C31H48N4O/c1-21-10-11-25-18-27(19-30(21)34(25)26-15-22-6-2-3-7-23(14-22)16-26)35-29-9-5-4-8-28(29)33-31(35)17-24-20-36-13-12-32-24/h4-5,8-9,21-27,30-33H,2-3,6-7,10-20H2,1H3. The summed E-state index contributed by atoms with van der Waals surface area (Å²) >= 11 is 0. The molecule has 1 aromatic carbocycles. The lowest BCUT2D eigenvalue weighted by molar-refractivity contribution is -0.0568. The summed E-state index contributed by atoms with van der Waals surface area (Å²) in [6, 6.07) is 12.6. The Morgan fingerprint density at radius 2 is 1.72 bits per heavy atom. The first-order chi connectivity index (χ1) is 17.7. The lowest BCUT2D eigenvalue weighted by Gasteiger charge is -2.58. The van der Waals surface area contributed by atoms with Gasteiger partial charge < -0.3 is 20.3 Å². The quantitative estimate of drug-likeness (QED) is 0.571. The Balaban J connectivity index is 1.13. The summed E-state index contributed by atoms with van der Waals surface area (Å²) in [5.41, 5.74) is 2.77. The SMILES string of the molecule is CC1CCC2CC(N3c4ccccc4NC3CC3COCCN3)CC1N2C1CC2CCCCC(C2)C1. The third-order valence-electron chi connectivity index (χ3n) is 11.0. The zero-order chi connectivity index (χ0) is 24.1. The number of fused-ring (bicyclic) bond motifs is 5. The lowest BCUT2D eigenvalue weighted by atomic mass is 9.71.